The Kier molecular flexibility index (Phi) is 8.30. The van der Waals surface area contributed by atoms with Crippen molar-refractivity contribution in [1.29, 1.82) is 0 Å². The van der Waals surface area contributed by atoms with Crippen LogP contribution in [0.15, 0.2) is 4.42 Å². The van der Waals surface area contributed by atoms with Crippen molar-refractivity contribution in [2.75, 3.05) is 26.3 Å². The van der Waals surface area contributed by atoms with Crippen molar-refractivity contribution in [3.05, 3.63) is 17.3 Å². The quantitative estimate of drug-likeness (QED) is 0.493. The van der Waals surface area contributed by atoms with Crippen LogP contribution in [0.25, 0.3) is 0 Å². The van der Waals surface area contributed by atoms with E-state index in [-0.39, 0.29) is 18.2 Å². The first-order valence-corrected chi connectivity index (χ1v) is 10.8. The number of aryl methyl sites for hydroxylation is 1. The van der Waals surface area contributed by atoms with E-state index in [4.69, 9.17) is 19.3 Å². The van der Waals surface area contributed by atoms with Gasteiger partial charge in [0.05, 0.1) is 18.9 Å². The third kappa shape index (κ3) is 6.29. The Labute approximate surface area is 167 Å². The lowest BCUT2D eigenvalue weighted by Crippen LogP contribution is -2.35. The van der Waals surface area contributed by atoms with Crippen LogP contribution < -0.4 is 5.48 Å². The normalized spacial score (nSPS) is 20.2. The Morgan fingerprint density at radius 3 is 2.75 bits per heavy atom. The number of carbonyl (C=O) groups is 1. The van der Waals surface area contributed by atoms with E-state index in [0.717, 1.165) is 63.1 Å². The van der Waals surface area contributed by atoms with E-state index in [2.05, 4.69) is 4.90 Å². The molecule has 2 fully saturated rings. The number of morpholine rings is 1. The molecule has 1 aromatic rings. The molecule has 158 valence electrons. The molecule has 7 heteroatoms. The fourth-order valence-corrected chi connectivity index (χ4v) is 4.45. The molecule has 1 saturated heterocycles. The van der Waals surface area contributed by atoms with Crippen molar-refractivity contribution < 1.29 is 19.2 Å². The van der Waals surface area contributed by atoms with Crippen molar-refractivity contribution in [3.8, 4) is 0 Å². The van der Waals surface area contributed by atoms with Gasteiger partial charge in [0.2, 0.25) is 5.91 Å². The lowest BCUT2D eigenvalue weighted by Gasteiger charge is -2.25. The molecule has 0 spiro atoms. The van der Waals surface area contributed by atoms with Crippen LogP contribution in [-0.2, 0) is 16.1 Å². The zero-order valence-electron chi connectivity index (χ0n) is 17.1. The summed E-state index contributed by atoms with van der Waals surface area (Å²) in [5.74, 6) is 1.81. The number of rotatable bonds is 9. The van der Waals surface area contributed by atoms with Crippen molar-refractivity contribution in [1.82, 2.24) is 15.4 Å². The molecule has 1 aliphatic carbocycles. The van der Waals surface area contributed by atoms with Crippen LogP contribution in [0.1, 0.15) is 81.1 Å². The van der Waals surface area contributed by atoms with Crippen LogP contribution in [-0.4, -0.2) is 47.3 Å². The summed E-state index contributed by atoms with van der Waals surface area (Å²) in [7, 11) is 0. The Bertz CT molecular complexity index is 607. The van der Waals surface area contributed by atoms with Crippen LogP contribution in [0.4, 0.5) is 0 Å². The summed E-state index contributed by atoms with van der Waals surface area (Å²) in [4.78, 5) is 18.9. The summed E-state index contributed by atoms with van der Waals surface area (Å²) >= 11 is 0. The number of amides is 1. The summed E-state index contributed by atoms with van der Waals surface area (Å²) in [6.45, 7) is 6.00. The fourth-order valence-electron chi connectivity index (χ4n) is 4.45. The second-order valence-electron chi connectivity index (χ2n) is 8.31. The minimum Gasteiger partial charge on any atom is -0.445 e. The zero-order chi connectivity index (χ0) is 19.8. The topological polar surface area (TPSA) is 87.8 Å². The summed E-state index contributed by atoms with van der Waals surface area (Å²) < 4.78 is 11.4. The number of nitrogens with zero attached hydrogens (tertiary/aromatic N) is 2. The fraction of sp³-hybridized carbons (Fsp3) is 0.810. The molecule has 0 bridgehead atoms. The summed E-state index contributed by atoms with van der Waals surface area (Å²) in [5, 5.41) is 8.97. The monoisotopic (exact) mass is 393 g/mol. The van der Waals surface area contributed by atoms with Gasteiger partial charge in [0.15, 0.2) is 5.89 Å². The second kappa shape index (κ2) is 10.9. The van der Waals surface area contributed by atoms with Gasteiger partial charge in [0.25, 0.3) is 0 Å². The standard InChI is InChI=1S/C21H35N3O4/c1-16-19(15-24-10-12-27-13-11-24)22-21(28-16)18(14-20(25)23-26)9-5-8-17-6-3-2-4-7-17/h17-18,26H,2-15H2,1H3,(H,23,25)/t18-/m1/s1. The average Bonchev–Trinajstić information content (AvgIpc) is 3.09. The van der Waals surface area contributed by atoms with Crippen LogP contribution in [0, 0.1) is 12.8 Å². The highest BCUT2D eigenvalue weighted by Crippen LogP contribution is 2.32. The number of aromatic nitrogens is 1. The van der Waals surface area contributed by atoms with E-state index in [1.54, 1.807) is 5.48 Å². The first-order chi connectivity index (χ1) is 13.7. The minimum atomic E-state index is -0.381. The molecule has 7 nitrogen and oxygen atoms in total. The summed E-state index contributed by atoms with van der Waals surface area (Å²) in [5.41, 5.74) is 2.70. The lowest BCUT2D eigenvalue weighted by molar-refractivity contribution is -0.129. The van der Waals surface area contributed by atoms with Crippen LogP contribution in [0.3, 0.4) is 0 Å². The van der Waals surface area contributed by atoms with E-state index in [9.17, 15) is 4.79 Å². The van der Waals surface area contributed by atoms with Gasteiger partial charge in [-0.05, 0) is 19.3 Å². The SMILES string of the molecule is Cc1oc([C@H](CCCC2CCCCC2)CC(=O)NO)nc1CN1CCOCC1. The van der Waals surface area contributed by atoms with Crippen LogP contribution in [0.2, 0.25) is 0 Å². The average molecular weight is 394 g/mol. The van der Waals surface area contributed by atoms with Gasteiger partial charge in [0.1, 0.15) is 5.76 Å². The van der Waals surface area contributed by atoms with Gasteiger partial charge in [-0.25, -0.2) is 10.5 Å². The van der Waals surface area contributed by atoms with E-state index in [1.807, 2.05) is 6.92 Å². The molecule has 2 N–H and O–H groups in total. The number of nitrogens with one attached hydrogen (secondary N) is 1. The molecule has 0 unspecified atom stereocenters. The van der Waals surface area contributed by atoms with Gasteiger partial charge >= 0.3 is 0 Å². The molecule has 0 aromatic carbocycles. The summed E-state index contributed by atoms with van der Waals surface area (Å²) in [6, 6.07) is 0. The number of ether oxygens (including phenoxy) is 1. The number of hydrogen-bond acceptors (Lipinski definition) is 6. The third-order valence-electron chi connectivity index (χ3n) is 6.18. The number of hydrogen-bond donors (Lipinski definition) is 2. The van der Waals surface area contributed by atoms with E-state index in [1.165, 1.54) is 38.5 Å². The smallest absolute Gasteiger partial charge is 0.244 e. The second-order valence-corrected chi connectivity index (χ2v) is 8.31. The van der Waals surface area contributed by atoms with Crippen molar-refractivity contribution in [2.24, 2.45) is 5.92 Å². The largest absolute Gasteiger partial charge is 0.445 e. The first-order valence-electron chi connectivity index (χ1n) is 10.8. The Morgan fingerprint density at radius 2 is 2.04 bits per heavy atom. The molecule has 2 aliphatic rings. The molecule has 1 atom stereocenters. The van der Waals surface area contributed by atoms with Crippen LogP contribution in [0.5, 0.6) is 0 Å². The Hall–Kier alpha value is -1.44. The third-order valence-corrected chi connectivity index (χ3v) is 6.18. The van der Waals surface area contributed by atoms with Crippen molar-refractivity contribution in [2.45, 2.75) is 77.2 Å². The predicted octanol–water partition coefficient (Wildman–Crippen LogP) is 3.54. The molecule has 1 aromatic heterocycles. The molecule has 3 rings (SSSR count). The number of hydroxylamine groups is 1. The Balaban J connectivity index is 1.59. The number of oxazole rings is 1. The molecule has 1 aliphatic heterocycles. The summed E-state index contributed by atoms with van der Waals surface area (Å²) in [6.07, 6.45) is 10.1. The maximum atomic E-state index is 11.8. The van der Waals surface area contributed by atoms with E-state index >= 15 is 0 Å². The highest BCUT2D eigenvalue weighted by Gasteiger charge is 2.24. The predicted molar refractivity (Wildman–Crippen MR) is 105 cm³/mol. The highest BCUT2D eigenvalue weighted by molar-refractivity contribution is 5.75. The van der Waals surface area contributed by atoms with Crippen LogP contribution >= 0.6 is 0 Å². The molecular weight excluding hydrogens is 358 g/mol. The minimum absolute atomic E-state index is 0.0899. The van der Waals surface area contributed by atoms with Gasteiger partial charge in [0, 0.05) is 32.0 Å². The lowest BCUT2D eigenvalue weighted by atomic mass is 9.84. The van der Waals surface area contributed by atoms with Gasteiger partial charge in [-0.15, -0.1) is 0 Å². The van der Waals surface area contributed by atoms with Gasteiger partial charge < -0.3 is 9.15 Å². The van der Waals surface area contributed by atoms with Gasteiger partial charge in [-0.3, -0.25) is 14.9 Å². The first kappa shape index (κ1) is 21.3. The van der Waals surface area contributed by atoms with E-state index in [0.29, 0.717) is 5.89 Å². The van der Waals surface area contributed by atoms with Gasteiger partial charge in [-0.2, -0.15) is 0 Å². The van der Waals surface area contributed by atoms with Crippen molar-refractivity contribution in [3.63, 3.8) is 0 Å². The molecule has 2 heterocycles. The highest BCUT2D eigenvalue weighted by atomic mass is 16.5. The Morgan fingerprint density at radius 1 is 1.29 bits per heavy atom. The molecule has 0 radical (unpaired) electrons. The zero-order valence-corrected chi connectivity index (χ0v) is 17.1. The van der Waals surface area contributed by atoms with Gasteiger partial charge in [-0.1, -0.05) is 44.9 Å². The number of carbonyl (C=O) groups excluding carboxylic acids is 1. The maximum Gasteiger partial charge on any atom is 0.244 e. The maximum absolute atomic E-state index is 11.8. The van der Waals surface area contributed by atoms with E-state index < -0.39 is 0 Å². The molecule has 1 amide bonds. The van der Waals surface area contributed by atoms with Crippen molar-refractivity contribution >= 4 is 5.91 Å². The molecule has 1 saturated carbocycles. The molecular formula is C21H35N3O4. The molecule has 28 heavy (non-hydrogen) atoms.